The predicted molar refractivity (Wildman–Crippen MR) is 207 cm³/mol. The van der Waals surface area contributed by atoms with Crippen molar-refractivity contribution in [3.05, 3.63) is 149 Å². The van der Waals surface area contributed by atoms with Crippen molar-refractivity contribution in [1.82, 2.24) is 14.0 Å². The number of rotatable bonds is 3. The normalized spacial score (nSPS) is 18.4. The summed E-state index contributed by atoms with van der Waals surface area (Å²) in [5, 5.41) is 0. The van der Waals surface area contributed by atoms with Gasteiger partial charge in [-0.2, -0.15) is 0 Å². The Bertz CT molecular complexity index is 3090. The van der Waals surface area contributed by atoms with Crippen molar-refractivity contribution in [2.75, 3.05) is 0 Å². The fourth-order valence-corrected chi connectivity index (χ4v) is 7.44. The molecule has 246 valence electrons. The highest BCUT2D eigenvalue weighted by Gasteiger charge is 2.37. The second-order valence-corrected chi connectivity index (χ2v) is 14.0. The molecule has 9 rings (SSSR count). The molecule has 0 amide bonds. The Morgan fingerprint density at radius 3 is 2.16 bits per heavy atom. The number of benzene rings is 6. The van der Waals surface area contributed by atoms with Gasteiger partial charge in [0.15, 0.2) is 0 Å². The van der Waals surface area contributed by atoms with Crippen LogP contribution in [0.15, 0.2) is 121 Å². The van der Waals surface area contributed by atoms with E-state index in [1.54, 1.807) is 48.5 Å². The molecule has 4 heteroatoms. The van der Waals surface area contributed by atoms with Crippen molar-refractivity contribution in [3.8, 4) is 39.4 Å². The lowest BCUT2D eigenvalue weighted by atomic mass is 9.72. The van der Waals surface area contributed by atoms with Crippen LogP contribution in [0.1, 0.15) is 78.7 Å². The van der Waals surface area contributed by atoms with Crippen LogP contribution in [0.5, 0.6) is 11.5 Å². The number of hydrogen-bond donors (Lipinski definition) is 0. The van der Waals surface area contributed by atoms with Gasteiger partial charge in [0.2, 0.25) is 5.78 Å². The van der Waals surface area contributed by atoms with Crippen LogP contribution in [0.2, 0.25) is 0 Å². The van der Waals surface area contributed by atoms with Gasteiger partial charge in [-0.3, -0.25) is 8.97 Å². The molecule has 0 atom stereocenters. The SMILES string of the molecule is [2H]C([2H])([2H])c1ccc(-c2c(C(C)(C)C)ccc3c2Oc2ccccc2C3(C([2H])([2H])[2H])C([2H])([2H])[2H])cc1-c1cc(-n2c3ccccc3n3c4ccccc4nc23)ccc1C([2H])([2H])[2H]. The summed E-state index contributed by atoms with van der Waals surface area (Å²) in [4.78, 5) is 4.98. The van der Waals surface area contributed by atoms with Crippen LogP contribution in [-0.2, 0) is 10.8 Å². The monoisotopic (exact) mass is 663 g/mol. The van der Waals surface area contributed by atoms with Crippen LogP contribution in [0.3, 0.4) is 0 Å². The number of para-hydroxylation sites is 5. The maximum absolute atomic E-state index is 8.87. The number of hydrogen-bond acceptors (Lipinski definition) is 2. The largest absolute Gasteiger partial charge is 0.456 e. The molecule has 3 heterocycles. The molecule has 8 aromatic rings. The standard InChI is InChI=1S/C46H41N3O/c1-28-20-22-30(42-35(45(3,4)5)24-25-36-43(42)50-41-19-13-8-14-34(41)46(36,6)7)26-32(28)33-27-31(23-21-29(33)2)48-39-17-11-12-18-40(39)49-38-16-10-9-15-37(38)47-44(48)49/h8-27H,1-7H3/i1D3,2D3,6D3,7D3. The van der Waals surface area contributed by atoms with E-state index in [0.717, 1.165) is 22.1 Å². The molecule has 1 aliphatic rings. The first-order valence-corrected chi connectivity index (χ1v) is 16.6. The van der Waals surface area contributed by atoms with Gasteiger partial charge in [-0.05, 0) is 101 Å². The highest BCUT2D eigenvalue weighted by molar-refractivity contribution is 5.92. The number of imidazole rings is 2. The van der Waals surface area contributed by atoms with Crippen LogP contribution in [0, 0.1) is 13.7 Å². The minimum Gasteiger partial charge on any atom is -0.456 e. The van der Waals surface area contributed by atoms with E-state index >= 15 is 0 Å². The zero-order valence-electron chi connectivity index (χ0n) is 39.8. The second-order valence-electron chi connectivity index (χ2n) is 14.0. The van der Waals surface area contributed by atoms with Crippen LogP contribution in [-0.4, -0.2) is 14.0 Å². The maximum Gasteiger partial charge on any atom is 0.220 e. The van der Waals surface area contributed by atoms with Gasteiger partial charge in [-0.25, -0.2) is 4.98 Å². The Hall–Kier alpha value is -5.61. The van der Waals surface area contributed by atoms with Gasteiger partial charge in [-0.1, -0.05) is 107 Å². The fraction of sp³-hybridized carbons (Fsp3) is 0.196. The van der Waals surface area contributed by atoms with Crippen molar-refractivity contribution in [2.45, 2.75) is 59.0 Å². The molecule has 2 aromatic heterocycles. The second kappa shape index (κ2) is 10.7. The van der Waals surface area contributed by atoms with Gasteiger partial charge >= 0.3 is 0 Å². The topological polar surface area (TPSA) is 31.5 Å². The molecule has 0 N–H and O–H groups in total. The third-order valence-electron chi connectivity index (χ3n) is 9.84. The quantitative estimate of drug-likeness (QED) is 0.188. The van der Waals surface area contributed by atoms with Gasteiger partial charge in [-0.15, -0.1) is 0 Å². The average molecular weight is 664 g/mol. The molecule has 0 aliphatic carbocycles. The van der Waals surface area contributed by atoms with Gasteiger partial charge < -0.3 is 4.74 Å². The molecule has 0 saturated carbocycles. The summed E-state index contributed by atoms with van der Waals surface area (Å²) in [6, 6.07) is 34.4. The van der Waals surface area contributed by atoms with Gasteiger partial charge in [0, 0.05) is 44.2 Å². The van der Waals surface area contributed by atoms with Crippen LogP contribution < -0.4 is 4.74 Å². The first-order valence-electron chi connectivity index (χ1n) is 22.6. The minimum atomic E-state index is -3.09. The van der Waals surface area contributed by atoms with Crippen LogP contribution >= 0.6 is 0 Å². The lowest BCUT2D eigenvalue weighted by molar-refractivity contribution is 0.417. The van der Waals surface area contributed by atoms with Crippen LogP contribution in [0.25, 0.3) is 55.8 Å². The summed E-state index contributed by atoms with van der Waals surface area (Å²) in [5.41, 5.74) is 1.99. The van der Waals surface area contributed by atoms with Gasteiger partial charge in [0.25, 0.3) is 0 Å². The molecular formula is C46H41N3O. The molecule has 6 aromatic carbocycles. The number of ether oxygens (including phenoxy) is 1. The van der Waals surface area contributed by atoms with Crippen molar-refractivity contribution in [1.29, 1.82) is 0 Å². The molecule has 50 heavy (non-hydrogen) atoms. The van der Waals surface area contributed by atoms with E-state index in [4.69, 9.17) is 26.2 Å². The minimum absolute atomic E-state index is 0.00320. The predicted octanol–water partition coefficient (Wildman–Crippen LogP) is 12.1. The summed E-state index contributed by atoms with van der Waals surface area (Å²) in [6.07, 6.45) is 0. The summed E-state index contributed by atoms with van der Waals surface area (Å²) in [6.45, 7) is -5.75. The van der Waals surface area contributed by atoms with E-state index in [1.165, 1.54) is 24.3 Å². The van der Waals surface area contributed by atoms with Gasteiger partial charge in [0.05, 0.1) is 22.1 Å². The van der Waals surface area contributed by atoms with E-state index in [9.17, 15) is 0 Å². The molecule has 0 spiro atoms. The number of aryl methyl sites for hydroxylation is 2. The number of aromatic nitrogens is 3. The van der Waals surface area contributed by atoms with Crippen molar-refractivity contribution in [3.63, 3.8) is 0 Å². The molecule has 1 aliphatic heterocycles. The van der Waals surface area contributed by atoms with Gasteiger partial charge in [0.1, 0.15) is 11.5 Å². The highest BCUT2D eigenvalue weighted by atomic mass is 16.5. The lowest BCUT2D eigenvalue weighted by Crippen LogP contribution is -2.26. The van der Waals surface area contributed by atoms with Crippen molar-refractivity contribution in [2.24, 2.45) is 0 Å². The molecule has 0 saturated heterocycles. The summed E-state index contributed by atoms with van der Waals surface area (Å²) in [7, 11) is 0. The van der Waals surface area contributed by atoms with E-state index in [0.29, 0.717) is 28.2 Å². The van der Waals surface area contributed by atoms with Crippen molar-refractivity contribution < 1.29 is 21.2 Å². The molecule has 0 unspecified atom stereocenters. The fourth-order valence-electron chi connectivity index (χ4n) is 7.44. The molecular weight excluding hydrogens is 611 g/mol. The Morgan fingerprint density at radius 1 is 0.680 bits per heavy atom. The van der Waals surface area contributed by atoms with E-state index in [2.05, 4.69) is 0 Å². The van der Waals surface area contributed by atoms with E-state index in [-0.39, 0.29) is 44.9 Å². The molecule has 0 bridgehead atoms. The first-order chi connectivity index (χ1) is 28.9. The molecule has 4 nitrogen and oxygen atoms in total. The van der Waals surface area contributed by atoms with Crippen molar-refractivity contribution >= 4 is 27.8 Å². The highest BCUT2D eigenvalue weighted by Crippen LogP contribution is 2.54. The summed E-state index contributed by atoms with van der Waals surface area (Å²) < 4.78 is 116. The van der Waals surface area contributed by atoms with Crippen LogP contribution in [0.4, 0.5) is 0 Å². The smallest absolute Gasteiger partial charge is 0.220 e. The lowest BCUT2D eigenvalue weighted by Gasteiger charge is -2.37. The first kappa shape index (κ1) is 20.2. The Balaban J connectivity index is 1.38. The zero-order chi connectivity index (χ0) is 44.5. The average Bonchev–Trinajstić information content (AvgIpc) is 3.71. The van der Waals surface area contributed by atoms with E-state index < -0.39 is 38.2 Å². The summed E-state index contributed by atoms with van der Waals surface area (Å²) >= 11 is 0. The zero-order valence-corrected chi connectivity index (χ0v) is 27.8. The molecule has 0 fully saturated rings. The Morgan fingerprint density at radius 2 is 1.38 bits per heavy atom. The summed E-state index contributed by atoms with van der Waals surface area (Å²) in [5.74, 6) is 0.640. The van der Waals surface area contributed by atoms with E-state index in [1.807, 2.05) is 78.3 Å². The third-order valence-corrected chi connectivity index (χ3v) is 9.84. The number of nitrogens with zero attached hydrogens (tertiary/aromatic N) is 3. The Kier molecular flexibility index (Phi) is 4.31. The Labute approximate surface area is 310 Å². The molecule has 0 radical (unpaired) electrons. The third kappa shape index (κ3) is 4.41. The maximum atomic E-state index is 8.87. The number of fused-ring (bicyclic) bond motifs is 7.